The first-order chi connectivity index (χ1) is 10.0. The molecule has 2 aromatic rings. The molecule has 1 N–H and O–H groups in total. The Balaban J connectivity index is 2.21. The summed E-state index contributed by atoms with van der Waals surface area (Å²) in [7, 11) is 0. The SMILES string of the molecule is CCCC(NC(C)(C)c1ccc(Br)cc1)c1ccccc1. The molecule has 0 radical (unpaired) electrons. The molecule has 1 unspecified atom stereocenters. The Hall–Kier alpha value is -1.12. The van der Waals surface area contributed by atoms with Gasteiger partial charge in [-0.25, -0.2) is 0 Å². The molecule has 0 bridgehead atoms. The van der Waals surface area contributed by atoms with Crippen LogP contribution in [0.2, 0.25) is 0 Å². The monoisotopic (exact) mass is 345 g/mol. The van der Waals surface area contributed by atoms with Crippen LogP contribution >= 0.6 is 15.9 Å². The molecule has 0 aliphatic rings. The minimum atomic E-state index is -0.0591. The van der Waals surface area contributed by atoms with Crippen LogP contribution in [-0.2, 0) is 5.54 Å². The Kier molecular flexibility index (Phi) is 5.60. The fourth-order valence-electron chi connectivity index (χ4n) is 2.68. The van der Waals surface area contributed by atoms with Crippen LogP contribution in [0.25, 0.3) is 0 Å². The molecule has 1 nitrogen and oxygen atoms in total. The van der Waals surface area contributed by atoms with E-state index >= 15 is 0 Å². The summed E-state index contributed by atoms with van der Waals surface area (Å²) in [6, 6.07) is 19.7. The van der Waals surface area contributed by atoms with E-state index in [-0.39, 0.29) is 5.54 Å². The van der Waals surface area contributed by atoms with Crippen LogP contribution in [-0.4, -0.2) is 0 Å². The van der Waals surface area contributed by atoms with Crippen molar-refractivity contribution in [2.45, 2.75) is 45.2 Å². The van der Waals surface area contributed by atoms with Crippen molar-refractivity contribution < 1.29 is 0 Å². The van der Waals surface area contributed by atoms with Crippen molar-refractivity contribution in [1.29, 1.82) is 0 Å². The van der Waals surface area contributed by atoms with Crippen molar-refractivity contribution in [3.05, 3.63) is 70.2 Å². The number of benzene rings is 2. The first-order valence-corrected chi connectivity index (χ1v) is 8.41. The minimum absolute atomic E-state index is 0.0591. The standard InChI is InChI=1S/C19H24BrN/c1-4-8-18(15-9-6-5-7-10-15)21-19(2,3)16-11-13-17(20)14-12-16/h5-7,9-14,18,21H,4,8H2,1-3H3. The smallest absolute Gasteiger partial charge is 0.0382 e. The van der Waals surface area contributed by atoms with Gasteiger partial charge in [-0.15, -0.1) is 0 Å². The highest BCUT2D eigenvalue weighted by atomic mass is 79.9. The number of hydrogen-bond acceptors (Lipinski definition) is 1. The summed E-state index contributed by atoms with van der Waals surface area (Å²) in [6.45, 7) is 6.74. The van der Waals surface area contributed by atoms with Crippen LogP contribution in [0.5, 0.6) is 0 Å². The van der Waals surface area contributed by atoms with E-state index in [1.165, 1.54) is 17.5 Å². The second-order valence-electron chi connectivity index (χ2n) is 6.03. The normalized spacial score (nSPS) is 13.1. The molecule has 0 amide bonds. The summed E-state index contributed by atoms with van der Waals surface area (Å²) in [5.74, 6) is 0. The van der Waals surface area contributed by atoms with Gasteiger partial charge in [0.2, 0.25) is 0 Å². The van der Waals surface area contributed by atoms with E-state index in [1.807, 2.05) is 0 Å². The van der Waals surface area contributed by atoms with Crippen molar-refractivity contribution in [2.24, 2.45) is 0 Å². The fraction of sp³-hybridized carbons (Fsp3) is 0.368. The molecule has 2 rings (SSSR count). The lowest BCUT2D eigenvalue weighted by atomic mass is 9.91. The van der Waals surface area contributed by atoms with Crippen LogP contribution in [0, 0.1) is 0 Å². The zero-order valence-electron chi connectivity index (χ0n) is 13.1. The Bertz CT molecular complexity index is 546. The van der Waals surface area contributed by atoms with Gasteiger partial charge in [0.1, 0.15) is 0 Å². The molecule has 2 heteroatoms. The van der Waals surface area contributed by atoms with Crippen molar-refractivity contribution in [3.8, 4) is 0 Å². The highest BCUT2D eigenvalue weighted by molar-refractivity contribution is 9.10. The number of halogens is 1. The van der Waals surface area contributed by atoms with Gasteiger partial charge in [0.15, 0.2) is 0 Å². The Morgan fingerprint density at radius 3 is 2.19 bits per heavy atom. The topological polar surface area (TPSA) is 12.0 Å². The third-order valence-electron chi connectivity index (χ3n) is 3.88. The number of nitrogens with one attached hydrogen (secondary N) is 1. The zero-order chi connectivity index (χ0) is 15.3. The predicted octanol–water partition coefficient (Wildman–Crippen LogP) is 5.82. The van der Waals surface area contributed by atoms with Gasteiger partial charge in [0, 0.05) is 16.1 Å². The van der Waals surface area contributed by atoms with E-state index in [1.54, 1.807) is 0 Å². The van der Waals surface area contributed by atoms with E-state index in [4.69, 9.17) is 0 Å². The largest absolute Gasteiger partial charge is 0.301 e. The van der Waals surface area contributed by atoms with Gasteiger partial charge in [-0.2, -0.15) is 0 Å². The fourth-order valence-corrected chi connectivity index (χ4v) is 2.95. The molecule has 0 fully saturated rings. The van der Waals surface area contributed by atoms with Crippen LogP contribution in [0.4, 0.5) is 0 Å². The van der Waals surface area contributed by atoms with E-state index in [0.717, 1.165) is 10.9 Å². The lowest BCUT2D eigenvalue weighted by molar-refractivity contribution is 0.331. The third-order valence-corrected chi connectivity index (χ3v) is 4.41. The van der Waals surface area contributed by atoms with Crippen molar-refractivity contribution >= 4 is 15.9 Å². The molecule has 0 saturated heterocycles. The van der Waals surface area contributed by atoms with Gasteiger partial charge in [0.05, 0.1) is 0 Å². The molecule has 0 heterocycles. The van der Waals surface area contributed by atoms with Crippen LogP contribution in [0.15, 0.2) is 59.1 Å². The molecular weight excluding hydrogens is 322 g/mol. The highest BCUT2D eigenvalue weighted by Gasteiger charge is 2.24. The first-order valence-electron chi connectivity index (χ1n) is 7.61. The van der Waals surface area contributed by atoms with Crippen molar-refractivity contribution in [2.75, 3.05) is 0 Å². The molecule has 0 saturated carbocycles. The first kappa shape index (κ1) is 16.3. The van der Waals surface area contributed by atoms with Crippen molar-refractivity contribution in [3.63, 3.8) is 0 Å². The molecule has 2 aromatic carbocycles. The Labute approximate surface area is 136 Å². The Morgan fingerprint density at radius 1 is 1.00 bits per heavy atom. The van der Waals surface area contributed by atoms with E-state index < -0.39 is 0 Å². The number of hydrogen-bond donors (Lipinski definition) is 1. The summed E-state index contributed by atoms with van der Waals surface area (Å²) in [5.41, 5.74) is 2.61. The lowest BCUT2D eigenvalue weighted by Crippen LogP contribution is -2.39. The molecular formula is C19H24BrN. The molecule has 1 atom stereocenters. The summed E-state index contributed by atoms with van der Waals surface area (Å²) in [6.07, 6.45) is 2.31. The second-order valence-corrected chi connectivity index (χ2v) is 6.94. The van der Waals surface area contributed by atoms with E-state index in [9.17, 15) is 0 Å². The average Bonchev–Trinajstić information content (AvgIpc) is 2.48. The maximum absolute atomic E-state index is 3.83. The number of rotatable bonds is 6. The summed E-state index contributed by atoms with van der Waals surface area (Å²) in [5, 5.41) is 3.83. The van der Waals surface area contributed by atoms with Gasteiger partial charge in [-0.05, 0) is 43.5 Å². The lowest BCUT2D eigenvalue weighted by Gasteiger charge is -2.33. The third kappa shape index (κ3) is 4.42. The maximum atomic E-state index is 3.83. The van der Waals surface area contributed by atoms with Crippen LogP contribution < -0.4 is 5.32 Å². The minimum Gasteiger partial charge on any atom is -0.301 e. The summed E-state index contributed by atoms with van der Waals surface area (Å²) in [4.78, 5) is 0. The zero-order valence-corrected chi connectivity index (χ0v) is 14.7. The van der Waals surface area contributed by atoms with Gasteiger partial charge in [-0.1, -0.05) is 71.7 Å². The molecule has 0 aliphatic carbocycles. The van der Waals surface area contributed by atoms with E-state index in [0.29, 0.717) is 6.04 Å². The second kappa shape index (κ2) is 7.24. The van der Waals surface area contributed by atoms with Crippen LogP contribution in [0.1, 0.15) is 50.8 Å². The maximum Gasteiger partial charge on any atom is 0.0382 e. The van der Waals surface area contributed by atoms with Gasteiger partial charge >= 0.3 is 0 Å². The highest BCUT2D eigenvalue weighted by Crippen LogP contribution is 2.28. The Morgan fingerprint density at radius 2 is 1.62 bits per heavy atom. The molecule has 112 valence electrons. The van der Waals surface area contributed by atoms with Gasteiger partial charge in [-0.3, -0.25) is 0 Å². The molecule has 0 aromatic heterocycles. The summed E-state index contributed by atoms with van der Waals surface area (Å²) >= 11 is 3.50. The molecule has 0 aliphatic heterocycles. The van der Waals surface area contributed by atoms with Crippen molar-refractivity contribution in [1.82, 2.24) is 5.32 Å². The van der Waals surface area contributed by atoms with Gasteiger partial charge in [0.25, 0.3) is 0 Å². The summed E-state index contributed by atoms with van der Waals surface area (Å²) < 4.78 is 1.12. The quantitative estimate of drug-likeness (QED) is 0.695. The van der Waals surface area contributed by atoms with Gasteiger partial charge < -0.3 is 5.32 Å². The molecule has 21 heavy (non-hydrogen) atoms. The van der Waals surface area contributed by atoms with E-state index in [2.05, 4.69) is 96.6 Å². The van der Waals surface area contributed by atoms with Crippen LogP contribution in [0.3, 0.4) is 0 Å². The average molecular weight is 346 g/mol. The molecule has 0 spiro atoms. The predicted molar refractivity (Wildman–Crippen MR) is 94.4 cm³/mol.